The van der Waals surface area contributed by atoms with Gasteiger partial charge in [-0.15, -0.1) is 0 Å². The van der Waals surface area contributed by atoms with Crippen LogP contribution >= 0.6 is 0 Å². The summed E-state index contributed by atoms with van der Waals surface area (Å²) in [6.45, 7) is 6.18. The van der Waals surface area contributed by atoms with E-state index in [2.05, 4.69) is 13.8 Å². The van der Waals surface area contributed by atoms with Crippen molar-refractivity contribution in [2.75, 3.05) is 27.4 Å². The minimum absolute atomic E-state index is 0.608. The Balaban J connectivity index is 3.75. The average molecular weight is 188 g/mol. The molecule has 2 nitrogen and oxygen atoms in total. The lowest BCUT2D eigenvalue weighted by atomic mass is 9.90. The molecule has 0 saturated carbocycles. The maximum absolute atomic E-state index is 5.21. The molecule has 80 valence electrons. The van der Waals surface area contributed by atoms with Crippen LogP contribution in [-0.4, -0.2) is 27.4 Å². The molecule has 0 spiro atoms. The van der Waals surface area contributed by atoms with Gasteiger partial charge in [0.05, 0.1) is 0 Å². The van der Waals surface area contributed by atoms with Gasteiger partial charge in [0.1, 0.15) is 0 Å². The van der Waals surface area contributed by atoms with Crippen LogP contribution in [0.25, 0.3) is 0 Å². The van der Waals surface area contributed by atoms with Crippen molar-refractivity contribution in [3.63, 3.8) is 0 Å². The molecule has 0 aromatic carbocycles. The van der Waals surface area contributed by atoms with Gasteiger partial charge in [0, 0.05) is 27.4 Å². The molecular formula is C11H24O2. The number of methoxy groups -OCH3 is 2. The SMILES string of the molecule is CCCCC(COC)C(C)COC. The standard InChI is InChI=1S/C11H24O2/c1-5-6-7-11(9-13-4)10(2)8-12-3/h10-11H,5-9H2,1-4H3. The Morgan fingerprint density at radius 1 is 1.08 bits per heavy atom. The zero-order valence-corrected chi connectivity index (χ0v) is 9.51. The van der Waals surface area contributed by atoms with Gasteiger partial charge in [0.2, 0.25) is 0 Å². The quantitative estimate of drug-likeness (QED) is 0.583. The van der Waals surface area contributed by atoms with Gasteiger partial charge in [-0.3, -0.25) is 0 Å². The number of rotatable bonds is 8. The van der Waals surface area contributed by atoms with Gasteiger partial charge in [0.25, 0.3) is 0 Å². The first-order valence-corrected chi connectivity index (χ1v) is 5.24. The Bertz CT molecular complexity index is 104. The predicted molar refractivity (Wildman–Crippen MR) is 55.9 cm³/mol. The molecule has 2 unspecified atom stereocenters. The molecule has 0 aliphatic carbocycles. The number of hydrogen-bond donors (Lipinski definition) is 0. The molecule has 2 heteroatoms. The molecule has 0 aliphatic heterocycles. The summed E-state index contributed by atoms with van der Waals surface area (Å²) in [5.74, 6) is 1.27. The smallest absolute Gasteiger partial charge is 0.0493 e. The van der Waals surface area contributed by atoms with E-state index < -0.39 is 0 Å². The summed E-state index contributed by atoms with van der Waals surface area (Å²) >= 11 is 0. The number of ether oxygens (including phenoxy) is 2. The van der Waals surface area contributed by atoms with E-state index in [1.807, 2.05) is 0 Å². The van der Waals surface area contributed by atoms with E-state index >= 15 is 0 Å². The van der Waals surface area contributed by atoms with Gasteiger partial charge in [-0.05, 0) is 18.3 Å². The summed E-state index contributed by atoms with van der Waals surface area (Å²) in [6, 6.07) is 0. The van der Waals surface area contributed by atoms with Crippen molar-refractivity contribution in [2.45, 2.75) is 33.1 Å². The van der Waals surface area contributed by atoms with Crippen LogP contribution in [0.3, 0.4) is 0 Å². The minimum Gasteiger partial charge on any atom is -0.384 e. The van der Waals surface area contributed by atoms with Crippen molar-refractivity contribution < 1.29 is 9.47 Å². The highest BCUT2D eigenvalue weighted by Crippen LogP contribution is 2.19. The fraction of sp³-hybridized carbons (Fsp3) is 1.00. The molecule has 0 bridgehead atoms. The Labute approximate surface area is 82.6 Å². The Morgan fingerprint density at radius 3 is 2.15 bits per heavy atom. The second-order valence-electron chi connectivity index (χ2n) is 3.79. The Hall–Kier alpha value is -0.0800. The molecule has 0 aliphatic rings. The average Bonchev–Trinajstić information content (AvgIpc) is 2.12. The van der Waals surface area contributed by atoms with Gasteiger partial charge < -0.3 is 9.47 Å². The zero-order chi connectivity index (χ0) is 10.1. The maximum Gasteiger partial charge on any atom is 0.0493 e. The third kappa shape index (κ3) is 6.05. The first-order chi connectivity index (χ1) is 6.26. The molecule has 0 amide bonds. The van der Waals surface area contributed by atoms with Crippen molar-refractivity contribution in [3.05, 3.63) is 0 Å². The molecule has 0 N–H and O–H groups in total. The van der Waals surface area contributed by atoms with Gasteiger partial charge in [-0.2, -0.15) is 0 Å². The van der Waals surface area contributed by atoms with Crippen LogP contribution in [0.4, 0.5) is 0 Å². The largest absolute Gasteiger partial charge is 0.384 e. The first-order valence-electron chi connectivity index (χ1n) is 5.24. The zero-order valence-electron chi connectivity index (χ0n) is 9.51. The lowest BCUT2D eigenvalue weighted by Gasteiger charge is -2.22. The summed E-state index contributed by atoms with van der Waals surface area (Å²) < 4.78 is 10.4. The summed E-state index contributed by atoms with van der Waals surface area (Å²) in [6.07, 6.45) is 3.82. The van der Waals surface area contributed by atoms with Crippen LogP contribution in [-0.2, 0) is 9.47 Å². The molecule has 0 saturated heterocycles. The molecular weight excluding hydrogens is 164 g/mol. The number of unbranched alkanes of at least 4 members (excludes halogenated alkanes) is 1. The normalized spacial score (nSPS) is 15.7. The topological polar surface area (TPSA) is 18.5 Å². The molecule has 0 fully saturated rings. The van der Waals surface area contributed by atoms with Crippen molar-refractivity contribution >= 4 is 0 Å². The van der Waals surface area contributed by atoms with Crippen molar-refractivity contribution in [3.8, 4) is 0 Å². The molecule has 13 heavy (non-hydrogen) atoms. The molecule has 2 atom stereocenters. The predicted octanol–water partition coefficient (Wildman–Crippen LogP) is 2.72. The van der Waals surface area contributed by atoms with Gasteiger partial charge in [-0.1, -0.05) is 26.7 Å². The van der Waals surface area contributed by atoms with Crippen LogP contribution in [0.15, 0.2) is 0 Å². The van der Waals surface area contributed by atoms with Gasteiger partial charge in [0.15, 0.2) is 0 Å². The van der Waals surface area contributed by atoms with E-state index in [0.29, 0.717) is 11.8 Å². The molecule has 0 aromatic heterocycles. The van der Waals surface area contributed by atoms with Crippen LogP contribution < -0.4 is 0 Å². The van der Waals surface area contributed by atoms with Crippen molar-refractivity contribution in [1.29, 1.82) is 0 Å². The van der Waals surface area contributed by atoms with Crippen molar-refractivity contribution in [1.82, 2.24) is 0 Å². The summed E-state index contributed by atoms with van der Waals surface area (Å²) in [5, 5.41) is 0. The summed E-state index contributed by atoms with van der Waals surface area (Å²) in [5.41, 5.74) is 0. The maximum atomic E-state index is 5.21. The fourth-order valence-corrected chi connectivity index (χ4v) is 1.61. The first kappa shape index (κ1) is 12.9. The van der Waals surface area contributed by atoms with Crippen LogP contribution in [0.2, 0.25) is 0 Å². The number of hydrogen-bond acceptors (Lipinski definition) is 2. The van der Waals surface area contributed by atoms with E-state index in [1.54, 1.807) is 14.2 Å². The van der Waals surface area contributed by atoms with Crippen molar-refractivity contribution in [2.24, 2.45) is 11.8 Å². The second kappa shape index (κ2) is 8.52. The Kier molecular flexibility index (Phi) is 8.46. The van der Waals surface area contributed by atoms with E-state index in [9.17, 15) is 0 Å². The summed E-state index contributed by atoms with van der Waals surface area (Å²) in [7, 11) is 3.54. The lowest BCUT2D eigenvalue weighted by molar-refractivity contribution is 0.0725. The lowest BCUT2D eigenvalue weighted by Crippen LogP contribution is -2.21. The van der Waals surface area contributed by atoms with Gasteiger partial charge >= 0.3 is 0 Å². The molecule has 0 rings (SSSR count). The molecule has 0 heterocycles. The minimum atomic E-state index is 0.608. The molecule has 0 aromatic rings. The highest BCUT2D eigenvalue weighted by atomic mass is 16.5. The van der Waals surface area contributed by atoms with Crippen LogP contribution in [0.5, 0.6) is 0 Å². The fourth-order valence-electron chi connectivity index (χ4n) is 1.61. The van der Waals surface area contributed by atoms with E-state index in [-0.39, 0.29) is 0 Å². The third-order valence-electron chi connectivity index (χ3n) is 2.54. The van der Waals surface area contributed by atoms with Gasteiger partial charge in [-0.25, -0.2) is 0 Å². The van der Waals surface area contributed by atoms with E-state index in [1.165, 1.54) is 19.3 Å². The molecule has 0 radical (unpaired) electrons. The van der Waals surface area contributed by atoms with Crippen LogP contribution in [0, 0.1) is 11.8 Å². The third-order valence-corrected chi connectivity index (χ3v) is 2.54. The summed E-state index contributed by atoms with van der Waals surface area (Å²) in [4.78, 5) is 0. The Morgan fingerprint density at radius 2 is 1.69 bits per heavy atom. The van der Waals surface area contributed by atoms with E-state index in [0.717, 1.165) is 13.2 Å². The second-order valence-corrected chi connectivity index (χ2v) is 3.79. The van der Waals surface area contributed by atoms with E-state index in [4.69, 9.17) is 9.47 Å². The highest BCUT2D eigenvalue weighted by Gasteiger charge is 2.16. The van der Waals surface area contributed by atoms with Crippen LogP contribution in [0.1, 0.15) is 33.1 Å². The highest BCUT2D eigenvalue weighted by molar-refractivity contribution is 4.65. The monoisotopic (exact) mass is 188 g/mol.